The third-order valence-corrected chi connectivity index (χ3v) is 2.60. The smallest absolute Gasteiger partial charge is 0.171 e. The Labute approximate surface area is 99.9 Å². The van der Waals surface area contributed by atoms with Crippen molar-refractivity contribution in [2.45, 2.75) is 52.5 Å². The Hall–Kier alpha value is -0.560. The van der Waals surface area contributed by atoms with Crippen molar-refractivity contribution in [3.8, 4) is 0 Å². The molecule has 86 valence electrons. The molecule has 1 aromatic heterocycles. The number of halogens is 1. The molecule has 1 aromatic rings. The molecule has 2 heteroatoms. The Balaban J connectivity index is 0.00000196. The van der Waals surface area contributed by atoms with Crippen molar-refractivity contribution in [2.75, 3.05) is 0 Å². The lowest BCUT2D eigenvalue weighted by molar-refractivity contribution is -0.697. The van der Waals surface area contributed by atoms with Gasteiger partial charge in [0.25, 0.3) is 0 Å². The largest absolute Gasteiger partial charge is 1.00 e. The minimum atomic E-state index is 0. The molecule has 0 amide bonds. The Kier molecular flexibility index (Phi) is 8.40. The second-order valence-corrected chi connectivity index (χ2v) is 3.86. The highest BCUT2D eigenvalue weighted by Crippen LogP contribution is 1.99. The molecule has 0 aromatic carbocycles. The highest BCUT2D eigenvalue weighted by atomic mass is 35.5. The maximum Gasteiger partial charge on any atom is 0.171 e. The Bertz CT molecular complexity index is 260. The quantitative estimate of drug-likeness (QED) is 0.480. The minimum Gasteiger partial charge on any atom is -1.00 e. The molecule has 1 nitrogen and oxygen atoms in total. The van der Waals surface area contributed by atoms with E-state index in [9.17, 15) is 0 Å². The van der Waals surface area contributed by atoms with Gasteiger partial charge in [-0.1, -0.05) is 26.7 Å². The first-order valence-electron chi connectivity index (χ1n) is 5.84. The number of nitrogens with zero attached hydrogens (tertiary/aromatic N) is 1. The van der Waals surface area contributed by atoms with Crippen molar-refractivity contribution in [3.63, 3.8) is 0 Å². The lowest BCUT2D eigenvalue weighted by atomic mass is 10.2. The van der Waals surface area contributed by atoms with E-state index in [2.05, 4.69) is 42.9 Å². The fourth-order valence-electron chi connectivity index (χ4n) is 1.65. The number of aromatic nitrogens is 1. The normalized spacial score (nSPS) is 9.73. The molecule has 0 spiro atoms. The van der Waals surface area contributed by atoms with Gasteiger partial charge in [-0.2, -0.15) is 0 Å². The zero-order chi connectivity index (χ0) is 10.2. The predicted molar refractivity (Wildman–Crippen MR) is 60.2 cm³/mol. The zero-order valence-corrected chi connectivity index (χ0v) is 10.6. The molecule has 0 radical (unpaired) electrons. The fourth-order valence-corrected chi connectivity index (χ4v) is 1.65. The van der Waals surface area contributed by atoms with Crippen LogP contribution in [0.2, 0.25) is 0 Å². The highest BCUT2D eigenvalue weighted by molar-refractivity contribution is 5.04. The molecule has 0 aliphatic carbocycles. The van der Waals surface area contributed by atoms with Crippen LogP contribution in [0.25, 0.3) is 0 Å². The molecule has 0 fully saturated rings. The highest BCUT2D eigenvalue weighted by Gasteiger charge is 2.00. The molecule has 0 saturated heterocycles. The molecule has 1 rings (SSSR count). The van der Waals surface area contributed by atoms with Crippen molar-refractivity contribution in [1.29, 1.82) is 0 Å². The molecule has 0 N–H and O–H groups in total. The van der Waals surface area contributed by atoms with E-state index in [1.165, 1.54) is 37.8 Å². The van der Waals surface area contributed by atoms with Crippen LogP contribution in [0.4, 0.5) is 0 Å². The number of hydrogen-bond acceptors (Lipinski definition) is 0. The fraction of sp³-hybridized carbons (Fsp3) is 0.615. The van der Waals surface area contributed by atoms with Gasteiger partial charge >= 0.3 is 0 Å². The number of aryl methyl sites for hydroxylation is 2. The zero-order valence-electron chi connectivity index (χ0n) is 9.88. The van der Waals surface area contributed by atoms with E-state index in [0.29, 0.717) is 0 Å². The van der Waals surface area contributed by atoms with E-state index >= 15 is 0 Å². The Morgan fingerprint density at radius 3 is 2.60 bits per heavy atom. The summed E-state index contributed by atoms with van der Waals surface area (Å²) in [6.45, 7) is 5.63. The van der Waals surface area contributed by atoms with E-state index in [0.717, 1.165) is 6.42 Å². The van der Waals surface area contributed by atoms with Gasteiger partial charge in [-0.3, -0.25) is 0 Å². The summed E-state index contributed by atoms with van der Waals surface area (Å²) in [6, 6.07) is 4.35. The second-order valence-electron chi connectivity index (χ2n) is 3.86. The predicted octanol–water partition coefficient (Wildman–Crippen LogP) is 0.121. The van der Waals surface area contributed by atoms with Gasteiger partial charge in [0.1, 0.15) is 6.54 Å². The van der Waals surface area contributed by atoms with Gasteiger partial charge in [0, 0.05) is 18.1 Å². The molecule has 0 bridgehead atoms. The van der Waals surface area contributed by atoms with Gasteiger partial charge in [0.2, 0.25) is 0 Å². The summed E-state index contributed by atoms with van der Waals surface area (Å²) < 4.78 is 2.31. The summed E-state index contributed by atoms with van der Waals surface area (Å²) in [4.78, 5) is 0. The summed E-state index contributed by atoms with van der Waals surface area (Å²) >= 11 is 0. The van der Waals surface area contributed by atoms with Gasteiger partial charge < -0.3 is 12.4 Å². The molecule has 15 heavy (non-hydrogen) atoms. The average molecular weight is 228 g/mol. The maximum atomic E-state index is 2.31. The van der Waals surface area contributed by atoms with Crippen LogP contribution in [-0.4, -0.2) is 0 Å². The summed E-state index contributed by atoms with van der Waals surface area (Å²) in [5.74, 6) is 0. The van der Waals surface area contributed by atoms with E-state index in [4.69, 9.17) is 0 Å². The SMILES string of the molecule is CCCCCC[n+]1cccc(CC)c1.[Cl-]. The number of hydrogen-bond donors (Lipinski definition) is 0. The lowest BCUT2D eigenvalue weighted by Gasteiger charge is -1.98. The number of pyridine rings is 1. The molecule has 0 aliphatic rings. The lowest BCUT2D eigenvalue weighted by Crippen LogP contribution is -3.00. The van der Waals surface area contributed by atoms with Gasteiger partial charge in [0.05, 0.1) is 0 Å². The first-order valence-corrected chi connectivity index (χ1v) is 5.84. The maximum absolute atomic E-state index is 2.31. The molecule has 0 unspecified atom stereocenters. The van der Waals surface area contributed by atoms with Crippen LogP contribution in [0.5, 0.6) is 0 Å². The van der Waals surface area contributed by atoms with Crippen LogP contribution in [0, 0.1) is 0 Å². The summed E-state index contributed by atoms with van der Waals surface area (Å²) in [5.41, 5.74) is 1.43. The van der Waals surface area contributed by atoms with Gasteiger partial charge in [-0.25, -0.2) is 4.57 Å². The van der Waals surface area contributed by atoms with Gasteiger partial charge in [-0.05, 0) is 18.9 Å². The van der Waals surface area contributed by atoms with E-state index < -0.39 is 0 Å². The number of unbranched alkanes of at least 4 members (excludes halogenated alkanes) is 3. The van der Waals surface area contributed by atoms with Crippen molar-refractivity contribution < 1.29 is 17.0 Å². The third-order valence-electron chi connectivity index (χ3n) is 2.60. The van der Waals surface area contributed by atoms with Gasteiger partial charge in [-0.15, -0.1) is 0 Å². The monoisotopic (exact) mass is 227 g/mol. The molecular weight excluding hydrogens is 206 g/mol. The van der Waals surface area contributed by atoms with Crippen LogP contribution in [-0.2, 0) is 13.0 Å². The third kappa shape index (κ3) is 5.78. The summed E-state index contributed by atoms with van der Waals surface area (Å²) in [5, 5.41) is 0. The minimum absolute atomic E-state index is 0. The van der Waals surface area contributed by atoms with Crippen LogP contribution < -0.4 is 17.0 Å². The van der Waals surface area contributed by atoms with Crippen molar-refractivity contribution >= 4 is 0 Å². The van der Waals surface area contributed by atoms with E-state index in [-0.39, 0.29) is 12.4 Å². The molecule has 0 atom stereocenters. The van der Waals surface area contributed by atoms with Crippen LogP contribution >= 0.6 is 0 Å². The van der Waals surface area contributed by atoms with Crippen molar-refractivity contribution in [1.82, 2.24) is 0 Å². The summed E-state index contributed by atoms with van der Waals surface area (Å²) in [6.07, 6.45) is 10.9. The van der Waals surface area contributed by atoms with Crippen molar-refractivity contribution in [2.24, 2.45) is 0 Å². The van der Waals surface area contributed by atoms with E-state index in [1.54, 1.807) is 0 Å². The van der Waals surface area contributed by atoms with Crippen molar-refractivity contribution in [3.05, 3.63) is 30.1 Å². The average Bonchev–Trinajstić information content (AvgIpc) is 2.25. The van der Waals surface area contributed by atoms with Gasteiger partial charge in [0.15, 0.2) is 12.4 Å². The standard InChI is InChI=1S/C13H22N.ClH/c1-3-5-6-7-10-14-11-8-9-13(4-2)12-14;/h8-9,11-12H,3-7,10H2,1-2H3;1H/q+1;/p-1. The first-order chi connectivity index (χ1) is 6.86. The molecular formula is C13H22ClN. The molecule has 0 saturated carbocycles. The Morgan fingerprint density at radius 1 is 1.13 bits per heavy atom. The number of rotatable bonds is 6. The molecule has 0 aliphatic heterocycles. The first kappa shape index (κ1) is 14.4. The van der Waals surface area contributed by atoms with E-state index in [1.807, 2.05) is 0 Å². The topological polar surface area (TPSA) is 3.88 Å². The Morgan fingerprint density at radius 2 is 1.93 bits per heavy atom. The molecule has 1 heterocycles. The second kappa shape index (κ2) is 8.72. The van der Waals surface area contributed by atoms with Crippen LogP contribution in [0.3, 0.4) is 0 Å². The summed E-state index contributed by atoms with van der Waals surface area (Å²) in [7, 11) is 0. The van der Waals surface area contributed by atoms with Crippen LogP contribution in [0.1, 0.15) is 45.1 Å². The van der Waals surface area contributed by atoms with Crippen LogP contribution in [0.15, 0.2) is 24.5 Å².